The van der Waals surface area contributed by atoms with E-state index < -0.39 is 42.2 Å². The molecule has 4 atom stereocenters. The molecule has 1 aromatic carbocycles. The summed E-state index contributed by atoms with van der Waals surface area (Å²) in [7, 11) is 0. The van der Waals surface area contributed by atoms with Crippen LogP contribution in [0.15, 0.2) is 18.2 Å². The largest absolute Gasteiger partial charge is 0.491 e. The van der Waals surface area contributed by atoms with Crippen molar-refractivity contribution in [3.63, 3.8) is 0 Å². The minimum atomic E-state index is -1.39. The number of carboxylic acids is 1. The van der Waals surface area contributed by atoms with Crippen molar-refractivity contribution in [1.82, 2.24) is 10.6 Å². The van der Waals surface area contributed by atoms with Crippen molar-refractivity contribution in [3.8, 4) is 5.75 Å². The fraction of sp³-hybridized carbons (Fsp3) is 0.500. The standard InChI is InChI=1S/C20H29ClN4O6/c1-4-10(2)17(20(29)30)25-19(28)14(8-16(23)26)24-18(27)13-7-12(21)5-6-15(13)31-9-11(3)22/h5-7,10-11,14,17H,4,8-9,22H2,1-3H3,(H2,23,26)(H,24,27)(H,25,28)(H,29,30)/t10-,11-,14-,17-/m0/s1. The Morgan fingerprint density at radius 1 is 1.19 bits per heavy atom. The molecule has 172 valence electrons. The molecule has 0 saturated heterocycles. The van der Waals surface area contributed by atoms with Gasteiger partial charge in [0.2, 0.25) is 11.8 Å². The first kappa shape index (κ1) is 26.2. The number of hydrogen-bond acceptors (Lipinski definition) is 6. The Kier molecular flexibility index (Phi) is 10.2. The van der Waals surface area contributed by atoms with Gasteiger partial charge in [0.25, 0.3) is 5.91 Å². The van der Waals surface area contributed by atoms with Gasteiger partial charge in [0.1, 0.15) is 24.4 Å². The average molecular weight is 457 g/mol. The zero-order chi connectivity index (χ0) is 23.7. The van der Waals surface area contributed by atoms with E-state index in [0.717, 1.165) is 0 Å². The molecule has 0 fully saturated rings. The predicted octanol–water partition coefficient (Wildman–Crippen LogP) is 0.655. The van der Waals surface area contributed by atoms with Gasteiger partial charge in [-0.05, 0) is 31.0 Å². The Balaban J connectivity index is 3.10. The number of halogens is 1. The molecule has 0 aliphatic carbocycles. The summed E-state index contributed by atoms with van der Waals surface area (Å²) >= 11 is 5.98. The van der Waals surface area contributed by atoms with E-state index in [2.05, 4.69) is 10.6 Å². The van der Waals surface area contributed by atoms with Gasteiger partial charge in [-0.2, -0.15) is 0 Å². The Hall–Kier alpha value is -2.85. The van der Waals surface area contributed by atoms with Crippen molar-refractivity contribution < 1.29 is 29.0 Å². The van der Waals surface area contributed by atoms with Crippen molar-refractivity contribution in [2.75, 3.05) is 6.61 Å². The number of amides is 3. The molecule has 0 aromatic heterocycles. The summed E-state index contributed by atoms with van der Waals surface area (Å²) < 4.78 is 5.53. The monoisotopic (exact) mass is 456 g/mol. The molecular weight excluding hydrogens is 428 g/mol. The van der Waals surface area contributed by atoms with Crippen LogP contribution in [0.1, 0.15) is 44.0 Å². The first-order valence-electron chi connectivity index (χ1n) is 9.76. The lowest BCUT2D eigenvalue weighted by Gasteiger charge is -2.24. The third-order valence-electron chi connectivity index (χ3n) is 4.49. The van der Waals surface area contributed by atoms with Crippen LogP contribution in [0.4, 0.5) is 0 Å². The smallest absolute Gasteiger partial charge is 0.326 e. The maximum Gasteiger partial charge on any atom is 0.326 e. The Labute approximate surface area is 185 Å². The van der Waals surface area contributed by atoms with Crippen LogP contribution in [-0.4, -0.2) is 53.5 Å². The van der Waals surface area contributed by atoms with E-state index in [4.69, 9.17) is 27.8 Å². The summed E-state index contributed by atoms with van der Waals surface area (Å²) in [6.45, 7) is 5.29. The maximum atomic E-state index is 12.8. The average Bonchev–Trinajstić information content (AvgIpc) is 2.68. The van der Waals surface area contributed by atoms with Crippen LogP contribution in [-0.2, 0) is 14.4 Å². The predicted molar refractivity (Wildman–Crippen MR) is 115 cm³/mol. The minimum absolute atomic E-state index is 0.0205. The molecule has 0 saturated carbocycles. The SMILES string of the molecule is CC[C@H](C)[C@H](NC(=O)[C@H](CC(N)=O)NC(=O)c1cc(Cl)ccc1OC[C@H](C)N)C(=O)O. The Bertz CT molecular complexity index is 817. The minimum Gasteiger partial charge on any atom is -0.491 e. The molecule has 10 nitrogen and oxygen atoms in total. The number of rotatable bonds is 12. The van der Waals surface area contributed by atoms with E-state index in [9.17, 15) is 24.3 Å². The molecule has 0 spiro atoms. The maximum absolute atomic E-state index is 12.8. The molecule has 1 rings (SSSR count). The van der Waals surface area contributed by atoms with E-state index in [1.54, 1.807) is 20.8 Å². The van der Waals surface area contributed by atoms with Crippen LogP contribution in [0.2, 0.25) is 5.02 Å². The van der Waals surface area contributed by atoms with E-state index in [1.165, 1.54) is 18.2 Å². The fourth-order valence-corrected chi connectivity index (χ4v) is 2.78. The van der Waals surface area contributed by atoms with Gasteiger partial charge in [-0.25, -0.2) is 4.79 Å². The molecule has 3 amide bonds. The van der Waals surface area contributed by atoms with Crippen LogP contribution < -0.4 is 26.8 Å². The van der Waals surface area contributed by atoms with Crippen molar-refractivity contribution >= 4 is 35.3 Å². The number of ether oxygens (including phenoxy) is 1. The Morgan fingerprint density at radius 3 is 2.35 bits per heavy atom. The molecule has 7 N–H and O–H groups in total. The molecule has 31 heavy (non-hydrogen) atoms. The number of primary amides is 1. The second kappa shape index (κ2) is 12.1. The molecule has 1 aromatic rings. The number of nitrogens with one attached hydrogen (secondary N) is 2. The van der Waals surface area contributed by atoms with Gasteiger partial charge in [0, 0.05) is 11.1 Å². The second-order valence-corrected chi connectivity index (χ2v) is 7.77. The number of carbonyl (C=O) groups is 4. The number of benzene rings is 1. The number of hydrogen-bond donors (Lipinski definition) is 5. The lowest BCUT2D eigenvalue weighted by molar-refractivity contribution is -0.143. The molecular formula is C20H29ClN4O6. The summed E-state index contributed by atoms with van der Waals surface area (Å²) in [6.07, 6.45) is -0.0338. The molecule has 0 aliphatic rings. The summed E-state index contributed by atoms with van der Waals surface area (Å²) in [6, 6.07) is 1.45. The number of carboxylic acid groups (broad SMARTS) is 1. The van der Waals surface area contributed by atoms with Crippen LogP contribution in [0, 0.1) is 5.92 Å². The highest BCUT2D eigenvalue weighted by Crippen LogP contribution is 2.23. The van der Waals surface area contributed by atoms with Crippen molar-refractivity contribution in [2.45, 2.75) is 51.7 Å². The fourth-order valence-electron chi connectivity index (χ4n) is 2.61. The first-order valence-corrected chi connectivity index (χ1v) is 10.1. The lowest BCUT2D eigenvalue weighted by Crippen LogP contribution is -2.54. The van der Waals surface area contributed by atoms with Gasteiger partial charge < -0.3 is 31.9 Å². The van der Waals surface area contributed by atoms with E-state index >= 15 is 0 Å². The number of aliphatic carboxylic acids is 1. The van der Waals surface area contributed by atoms with E-state index in [1.807, 2.05) is 0 Å². The van der Waals surface area contributed by atoms with Crippen molar-refractivity contribution in [2.24, 2.45) is 17.4 Å². The van der Waals surface area contributed by atoms with Crippen molar-refractivity contribution in [3.05, 3.63) is 28.8 Å². The van der Waals surface area contributed by atoms with Crippen molar-refractivity contribution in [1.29, 1.82) is 0 Å². The van der Waals surface area contributed by atoms with Crippen LogP contribution >= 0.6 is 11.6 Å². The van der Waals surface area contributed by atoms with E-state index in [-0.39, 0.29) is 34.9 Å². The highest BCUT2D eigenvalue weighted by atomic mass is 35.5. The molecule has 0 unspecified atom stereocenters. The molecule has 0 heterocycles. The quantitative estimate of drug-likeness (QED) is 0.307. The van der Waals surface area contributed by atoms with Crippen LogP contribution in [0.3, 0.4) is 0 Å². The third kappa shape index (κ3) is 8.42. The van der Waals surface area contributed by atoms with Crippen LogP contribution in [0.25, 0.3) is 0 Å². The molecule has 0 aliphatic heterocycles. The number of nitrogens with two attached hydrogens (primary N) is 2. The van der Waals surface area contributed by atoms with Gasteiger partial charge >= 0.3 is 5.97 Å². The van der Waals surface area contributed by atoms with Gasteiger partial charge in [-0.1, -0.05) is 31.9 Å². The highest BCUT2D eigenvalue weighted by Gasteiger charge is 2.31. The van der Waals surface area contributed by atoms with Gasteiger partial charge in [-0.15, -0.1) is 0 Å². The van der Waals surface area contributed by atoms with Gasteiger partial charge in [0.15, 0.2) is 0 Å². The lowest BCUT2D eigenvalue weighted by atomic mass is 9.98. The highest BCUT2D eigenvalue weighted by molar-refractivity contribution is 6.31. The molecule has 0 radical (unpaired) electrons. The summed E-state index contributed by atoms with van der Waals surface area (Å²) in [5.41, 5.74) is 10.9. The van der Waals surface area contributed by atoms with Crippen LogP contribution in [0.5, 0.6) is 5.75 Å². The topological polar surface area (TPSA) is 174 Å². The zero-order valence-corrected chi connectivity index (χ0v) is 18.4. The van der Waals surface area contributed by atoms with Gasteiger partial charge in [-0.3, -0.25) is 14.4 Å². The summed E-state index contributed by atoms with van der Waals surface area (Å²) in [5.74, 6) is -3.87. The summed E-state index contributed by atoms with van der Waals surface area (Å²) in [5, 5.41) is 14.4. The first-order chi connectivity index (χ1) is 14.5. The molecule has 11 heteroatoms. The summed E-state index contributed by atoms with van der Waals surface area (Å²) in [4.78, 5) is 48.5. The number of carbonyl (C=O) groups excluding carboxylic acids is 3. The Morgan fingerprint density at radius 2 is 1.84 bits per heavy atom. The third-order valence-corrected chi connectivity index (χ3v) is 4.73. The zero-order valence-electron chi connectivity index (χ0n) is 17.7. The second-order valence-electron chi connectivity index (χ2n) is 7.34. The van der Waals surface area contributed by atoms with E-state index in [0.29, 0.717) is 6.42 Å². The normalized spacial score (nSPS) is 14.6. The molecule has 0 bridgehead atoms. The van der Waals surface area contributed by atoms with Gasteiger partial charge in [0.05, 0.1) is 12.0 Å².